The molecule has 0 bridgehead atoms. The van der Waals surface area contributed by atoms with Crippen molar-refractivity contribution in [3.63, 3.8) is 0 Å². The van der Waals surface area contributed by atoms with Crippen LogP contribution in [0.4, 0.5) is 0 Å². The number of hydrogen-bond acceptors (Lipinski definition) is 3. The second-order valence-corrected chi connectivity index (χ2v) is 2.80. The molecule has 13 heavy (non-hydrogen) atoms. The molecule has 0 atom stereocenters. The van der Waals surface area contributed by atoms with Crippen molar-refractivity contribution in [2.75, 3.05) is 0 Å². The first-order valence-corrected chi connectivity index (χ1v) is 4.07. The van der Waals surface area contributed by atoms with Crippen molar-refractivity contribution in [3.8, 4) is 11.3 Å². The minimum Gasteiger partial charge on any atom is -0.261 e. The molecule has 2 rings (SSSR count). The zero-order valence-electron chi connectivity index (χ0n) is 7.31. The van der Waals surface area contributed by atoms with Crippen molar-refractivity contribution < 1.29 is 0 Å². The summed E-state index contributed by atoms with van der Waals surface area (Å²) in [7, 11) is 0. The molecular weight excluding hydrogens is 162 g/mol. The molecule has 0 N–H and O–H groups in total. The van der Waals surface area contributed by atoms with Crippen molar-refractivity contribution >= 4 is 0 Å². The Kier molecular flexibility index (Phi) is 2.00. The Bertz CT molecular complexity index is 381. The summed E-state index contributed by atoms with van der Waals surface area (Å²) < 4.78 is 0. The fourth-order valence-corrected chi connectivity index (χ4v) is 1.07. The van der Waals surface area contributed by atoms with Crippen LogP contribution in [0.1, 0.15) is 5.69 Å². The lowest BCUT2D eigenvalue weighted by Gasteiger charge is -1.98. The first-order valence-electron chi connectivity index (χ1n) is 4.07. The summed E-state index contributed by atoms with van der Waals surface area (Å²) in [6.07, 6.45) is 3.46. The van der Waals surface area contributed by atoms with Crippen molar-refractivity contribution in [1.29, 1.82) is 0 Å². The normalized spacial score (nSPS) is 9.92. The molecule has 0 fully saturated rings. The van der Waals surface area contributed by atoms with E-state index in [4.69, 9.17) is 0 Å². The van der Waals surface area contributed by atoms with E-state index in [0.29, 0.717) is 0 Å². The molecule has 3 nitrogen and oxygen atoms in total. The third-order valence-electron chi connectivity index (χ3n) is 1.78. The van der Waals surface area contributed by atoms with Gasteiger partial charge >= 0.3 is 0 Å². The highest BCUT2D eigenvalue weighted by atomic mass is 15.1. The van der Waals surface area contributed by atoms with Gasteiger partial charge in [0.1, 0.15) is 0 Å². The number of pyridine rings is 1. The van der Waals surface area contributed by atoms with Gasteiger partial charge in [-0.15, -0.1) is 0 Å². The highest BCUT2D eigenvalue weighted by Gasteiger charge is 1.97. The van der Waals surface area contributed by atoms with Crippen molar-refractivity contribution in [2.45, 2.75) is 6.92 Å². The van der Waals surface area contributed by atoms with Gasteiger partial charge in [0, 0.05) is 23.7 Å². The molecule has 3 heteroatoms. The quantitative estimate of drug-likeness (QED) is 0.657. The smallest absolute Gasteiger partial charge is 0.0945 e. The van der Waals surface area contributed by atoms with Gasteiger partial charge in [-0.05, 0) is 31.2 Å². The second kappa shape index (κ2) is 3.31. The van der Waals surface area contributed by atoms with E-state index >= 15 is 0 Å². The third kappa shape index (κ3) is 1.69. The first kappa shape index (κ1) is 7.86. The highest BCUT2D eigenvalue weighted by molar-refractivity contribution is 5.56. The monoisotopic (exact) mass is 171 g/mol. The third-order valence-corrected chi connectivity index (χ3v) is 1.78. The van der Waals surface area contributed by atoms with Crippen LogP contribution in [0, 0.1) is 6.92 Å². The molecule has 0 radical (unpaired) electrons. The fourth-order valence-electron chi connectivity index (χ4n) is 1.07. The van der Waals surface area contributed by atoms with Gasteiger partial charge in [-0.2, -0.15) is 10.2 Å². The average Bonchev–Trinajstić information content (AvgIpc) is 2.20. The minimum absolute atomic E-state index is 0.856. The van der Waals surface area contributed by atoms with Gasteiger partial charge in [-0.1, -0.05) is 0 Å². The SMILES string of the molecule is Cc1ccc(-c2cccnn2)cn1. The zero-order valence-corrected chi connectivity index (χ0v) is 7.31. The van der Waals surface area contributed by atoms with Crippen LogP contribution in [-0.4, -0.2) is 15.2 Å². The Labute approximate surface area is 76.5 Å². The number of aromatic nitrogens is 3. The minimum atomic E-state index is 0.856. The molecule has 0 unspecified atom stereocenters. The van der Waals surface area contributed by atoms with Crippen molar-refractivity contribution in [2.24, 2.45) is 0 Å². The summed E-state index contributed by atoms with van der Waals surface area (Å²) in [5, 5.41) is 7.79. The molecule has 2 aromatic rings. The molecule has 0 aliphatic carbocycles. The molecule has 64 valence electrons. The van der Waals surface area contributed by atoms with Gasteiger partial charge in [0.15, 0.2) is 0 Å². The van der Waals surface area contributed by atoms with Crippen LogP contribution in [0.3, 0.4) is 0 Å². The van der Waals surface area contributed by atoms with Crippen molar-refractivity contribution in [1.82, 2.24) is 15.2 Å². The summed E-state index contributed by atoms with van der Waals surface area (Å²) >= 11 is 0. The lowest BCUT2D eigenvalue weighted by Crippen LogP contribution is -1.87. The summed E-state index contributed by atoms with van der Waals surface area (Å²) in [5.74, 6) is 0. The molecular formula is C10H9N3. The van der Waals surface area contributed by atoms with Gasteiger partial charge in [0.2, 0.25) is 0 Å². The maximum Gasteiger partial charge on any atom is 0.0945 e. The van der Waals surface area contributed by atoms with E-state index in [-0.39, 0.29) is 0 Å². The zero-order chi connectivity index (χ0) is 9.10. The number of aryl methyl sites for hydroxylation is 1. The van der Waals surface area contributed by atoms with Crippen LogP contribution >= 0.6 is 0 Å². The number of hydrogen-bond donors (Lipinski definition) is 0. The maximum absolute atomic E-state index is 4.19. The molecule has 0 aliphatic rings. The Morgan fingerprint density at radius 2 is 2.08 bits per heavy atom. The van der Waals surface area contributed by atoms with E-state index in [2.05, 4.69) is 15.2 Å². The maximum atomic E-state index is 4.19. The Balaban J connectivity index is 2.42. The largest absolute Gasteiger partial charge is 0.261 e. The second-order valence-electron chi connectivity index (χ2n) is 2.80. The molecule has 2 heterocycles. The van der Waals surface area contributed by atoms with Crippen LogP contribution in [0.25, 0.3) is 11.3 Å². The van der Waals surface area contributed by atoms with Gasteiger partial charge in [0.25, 0.3) is 0 Å². The Morgan fingerprint density at radius 1 is 1.15 bits per heavy atom. The van der Waals surface area contributed by atoms with Gasteiger partial charge in [-0.25, -0.2) is 0 Å². The number of nitrogens with zero attached hydrogens (tertiary/aromatic N) is 3. The molecule has 0 spiro atoms. The van der Waals surface area contributed by atoms with E-state index in [0.717, 1.165) is 17.0 Å². The summed E-state index contributed by atoms with van der Waals surface area (Å²) in [4.78, 5) is 4.19. The fraction of sp³-hybridized carbons (Fsp3) is 0.100. The van der Waals surface area contributed by atoms with E-state index < -0.39 is 0 Å². The first-order chi connectivity index (χ1) is 6.36. The Hall–Kier alpha value is -1.77. The van der Waals surface area contributed by atoms with E-state index in [9.17, 15) is 0 Å². The van der Waals surface area contributed by atoms with E-state index in [1.807, 2.05) is 31.2 Å². The predicted octanol–water partition coefficient (Wildman–Crippen LogP) is 1.85. The van der Waals surface area contributed by atoms with Crippen LogP contribution < -0.4 is 0 Å². The highest BCUT2D eigenvalue weighted by Crippen LogP contribution is 2.13. The topological polar surface area (TPSA) is 38.7 Å². The number of rotatable bonds is 1. The Morgan fingerprint density at radius 3 is 2.69 bits per heavy atom. The molecule has 0 saturated heterocycles. The predicted molar refractivity (Wildman–Crippen MR) is 50.0 cm³/mol. The van der Waals surface area contributed by atoms with Gasteiger partial charge in [-0.3, -0.25) is 4.98 Å². The van der Waals surface area contributed by atoms with Crippen LogP contribution in [0.15, 0.2) is 36.7 Å². The lowest BCUT2D eigenvalue weighted by atomic mass is 10.2. The summed E-state index contributed by atoms with van der Waals surface area (Å²) in [6, 6.07) is 7.73. The van der Waals surface area contributed by atoms with Crippen LogP contribution in [0.2, 0.25) is 0 Å². The molecule has 2 aromatic heterocycles. The van der Waals surface area contributed by atoms with E-state index in [1.165, 1.54) is 0 Å². The van der Waals surface area contributed by atoms with Crippen LogP contribution in [0.5, 0.6) is 0 Å². The molecule has 0 aromatic carbocycles. The van der Waals surface area contributed by atoms with Gasteiger partial charge in [0.05, 0.1) is 5.69 Å². The van der Waals surface area contributed by atoms with E-state index in [1.54, 1.807) is 12.4 Å². The summed E-state index contributed by atoms with van der Waals surface area (Å²) in [5.41, 5.74) is 2.86. The van der Waals surface area contributed by atoms with Crippen molar-refractivity contribution in [3.05, 3.63) is 42.4 Å². The summed E-state index contributed by atoms with van der Waals surface area (Å²) in [6.45, 7) is 1.96. The standard InChI is InChI=1S/C10H9N3/c1-8-4-5-9(7-11-8)10-3-2-6-12-13-10/h2-7H,1H3. The van der Waals surface area contributed by atoms with Crippen LogP contribution in [-0.2, 0) is 0 Å². The average molecular weight is 171 g/mol. The molecule has 0 aliphatic heterocycles. The molecule has 0 amide bonds. The lowest BCUT2D eigenvalue weighted by molar-refractivity contribution is 1.03. The molecule has 0 saturated carbocycles. The van der Waals surface area contributed by atoms with Gasteiger partial charge < -0.3 is 0 Å².